The predicted octanol–water partition coefficient (Wildman–Crippen LogP) is 2.48. The minimum atomic E-state index is 0.166. The lowest BCUT2D eigenvalue weighted by Crippen LogP contribution is -2.35. The fraction of sp³-hybridized carbons (Fsp3) is 0.562. The van der Waals surface area contributed by atoms with Crippen LogP contribution >= 0.6 is 0 Å². The summed E-state index contributed by atoms with van der Waals surface area (Å²) >= 11 is 0. The fourth-order valence-electron chi connectivity index (χ4n) is 3.53. The lowest BCUT2D eigenvalue weighted by Gasteiger charge is -2.27. The number of amides is 1. The van der Waals surface area contributed by atoms with Gasteiger partial charge in [-0.1, -0.05) is 30.3 Å². The molecule has 3 unspecified atom stereocenters. The van der Waals surface area contributed by atoms with Crippen molar-refractivity contribution in [1.82, 2.24) is 4.90 Å². The molecule has 1 aromatic rings. The van der Waals surface area contributed by atoms with E-state index in [-0.39, 0.29) is 18.0 Å². The molecule has 0 bridgehead atoms. The highest BCUT2D eigenvalue weighted by atomic mass is 16.2. The van der Waals surface area contributed by atoms with Crippen LogP contribution in [0.1, 0.15) is 43.7 Å². The second-order valence-electron chi connectivity index (χ2n) is 5.87. The third kappa shape index (κ3) is 2.52. The second-order valence-corrected chi connectivity index (χ2v) is 5.87. The van der Waals surface area contributed by atoms with E-state index < -0.39 is 0 Å². The summed E-state index contributed by atoms with van der Waals surface area (Å²) in [6.45, 7) is 0.907. The van der Waals surface area contributed by atoms with E-state index in [1.54, 1.807) is 0 Å². The van der Waals surface area contributed by atoms with Gasteiger partial charge < -0.3 is 10.6 Å². The van der Waals surface area contributed by atoms with E-state index in [2.05, 4.69) is 29.2 Å². The summed E-state index contributed by atoms with van der Waals surface area (Å²) in [6.07, 6.45) is 5.05. The quantitative estimate of drug-likeness (QED) is 0.886. The van der Waals surface area contributed by atoms with Crippen molar-refractivity contribution in [2.24, 2.45) is 11.7 Å². The topological polar surface area (TPSA) is 46.3 Å². The first-order valence-corrected chi connectivity index (χ1v) is 7.36. The summed E-state index contributed by atoms with van der Waals surface area (Å²) in [5.74, 6) is 0.499. The Morgan fingerprint density at radius 3 is 2.63 bits per heavy atom. The van der Waals surface area contributed by atoms with Gasteiger partial charge in [0.15, 0.2) is 0 Å². The number of likely N-dealkylation sites (tertiary alicyclic amines) is 1. The van der Waals surface area contributed by atoms with E-state index >= 15 is 0 Å². The maximum Gasteiger partial charge on any atom is 0.226 e. The molecule has 0 aromatic heterocycles. The molecule has 102 valence electrons. The van der Waals surface area contributed by atoms with Crippen molar-refractivity contribution in [3.63, 3.8) is 0 Å². The van der Waals surface area contributed by atoms with Gasteiger partial charge >= 0.3 is 0 Å². The van der Waals surface area contributed by atoms with Gasteiger partial charge in [0.1, 0.15) is 0 Å². The summed E-state index contributed by atoms with van der Waals surface area (Å²) in [6, 6.07) is 10.9. The van der Waals surface area contributed by atoms with Gasteiger partial charge in [-0.3, -0.25) is 4.79 Å². The number of hydrogen-bond acceptors (Lipinski definition) is 2. The Bertz CT molecular complexity index is 445. The maximum absolute atomic E-state index is 12.6. The van der Waals surface area contributed by atoms with Gasteiger partial charge in [-0.15, -0.1) is 0 Å². The molecule has 0 radical (unpaired) electrons. The Kier molecular flexibility index (Phi) is 3.56. The predicted molar refractivity (Wildman–Crippen MR) is 75.4 cm³/mol. The summed E-state index contributed by atoms with van der Waals surface area (Å²) < 4.78 is 0. The standard InChI is InChI=1S/C16H22N2O/c17-14-9-8-13(11-14)16(19)18-10-4-7-15(18)12-5-2-1-3-6-12/h1-3,5-6,13-15H,4,7-11,17H2. The van der Waals surface area contributed by atoms with Crippen LogP contribution < -0.4 is 5.73 Å². The molecule has 3 nitrogen and oxygen atoms in total. The molecule has 2 N–H and O–H groups in total. The lowest BCUT2D eigenvalue weighted by molar-refractivity contribution is -0.136. The first kappa shape index (κ1) is 12.7. The molecule has 19 heavy (non-hydrogen) atoms. The van der Waals surface area contributed by atoms with Crippen LogP contribution in [-0.2, 0) is 4.79 Å². The van der Waals surface area contributed by atoms with Crippen LogP contribution in [0.2, 0.25) is 0 Å². The number of carbonyl (C=O) groups is 1. The second kappa shape index (κ2) is 5.33. The zero-order chi connectivity index (χ0) is 13.2. The van der Waals surface area contributed by atoms with Crippen molar-refractivity contribution >= 4 is 5.91 Å². The summed E-state index contributed by atoms with van der Waals surface area (Å²) in [5.41, 5.74) is 7.21. The molecule has 3 atom stereocenters. The van der Waals surface area contributed by atoms with Gasteiger partial charge in [-0.05, 0) is 37.7 Å². The Morgan fingerprint density at radius 2 is 1.95 bits per heavy atom. The molecular weight excluding hydrogens is 236 g/mol. The third-order valence-electron chi connectivity index (χ3n) is 4.54. The van der Waals surface area contributed by atoms with Gasteiger partial charge in [0.05, 0.1) is 6.04 Å². The van der Waals surface area contributed by atoms with Crippen LogP contribution in [0.4, 0.5) is 0 Å². The largest absolute Gasteiger partial charge is 0.335 e. The molecule has 1 aromatic carbocycles. The monoisotopic (exact) mass is 258 g/mol. The van der Waals surface area contributed by atoms with Crippen molar-refractivity contribution in [3.8, 4) is 0 Å². The van der Waals surface area contributed by atoms with Crippen molar-refractivity contribution in [3.05, 3.63) is 35.9 Å². The van der Waals surface area contributed by atoms with Gasteiger partial charge in [0.25, 0.3) is 0 Å². The fourth-order valence-corrected chi connectivity index (χ4v) is 3.53. The lowest BCUT2D eigenvalue weighted by atomic mass is 10.0. The van der Waals surface area contributed by atoms with Crippen LogP contribution in [0.5, 0.6) is 0 Å². The molecule has 0 spiro atoms. The molecular formula is C16H22N2O. The Hall–Kier alpha value is -1.35. The molecule has 3 rings (SSSR count). The zero-order valence-corrected chi connectivity index (χ0v) is 11.3. The molecule has 1 amide bonds. The number of hydrogen-bond donors (Lipinski definition) is 1. The van der Waals surface area contributed by atoms with Crippen LogP contribution in [-0.4, -0.2) is 23.4 Å². The van der Waals surface area contributed by atoms with Gasteiger partial charge in [0, 0.05) is 18.5 Å². The van der Waals surface area contributed by atoms with E-state index in [9.17, 15) is 4.79 Å². The first-order chi connectivity index (χ1) is 9.25. The summed E-state index contributed by atoms with van der Waals surface area (Å²) in [4.78, 5) is 14.7. The highest BCUT2D eigenvalue weighted by Gasteiger charge is 2.36. The highest BCUT2D eigenvalue weighted by Crippen LogP contribution is 2.35. The number of nitrogens with two attached hydrogens (primary N) is 1. The average molecular weight is 258 g/mol. The minimum Gasteiger partial charge on any atom is -0.335 e. The third-order valence-corrected chi connectivity index (χ3v) is 4.54. The Labute approximate surface area is 114 Å². The summed E-state index contributed by atoms with van der Waals surface area (Å²) in [5, 5.41) is 0. The van der Waals surface area contributed by atoms with Crippen molar-refractivity contribution < 1.29 is 4.79 Å². The first-order valence-electron chi connectivity index (χ1n) is 7.36. The van der Waals surface area contributed by atoms with Crippen molar-refractivity contribution in [1.29, 1.82) is 0 Å². The van der Waals surface area contributed by atoms with Crippen LogP contribution in [0.15, 0.2) is 30.3 Å². The average Bonchev–Trinajstić information content (AvgIpc) is 3.07. The molecule has 2 fully saturated rings. The van der Waals surface area contributed by atoms with Gasteiger partial charge in [0.2, 0.25) is 5.91 Å². The molecule has 1 aliphatic heterocycles. The number of benzene rings is 1. The van der Waals surface area contributed by atoms with E-state index in [0.717, 1.165) is 38.6 Å². The van der Waals surface area contributed by atoms with E-state index in [1.165, 1.54) is 5.56 Å². The van der Waals surface area contributed by atoms with Crippen molar-refractivity contribution in [2.75, 3.05) is 6.54 Å². The maximum atomic E-state index is 12.6. The minimum absolute atomic E-state index is 0.166. The van der Waals surface area contributed by atoms with Crippen LogP contribution in [0.3, 0.4) is 0 Å². The normalized spacial score (nSPS) is 30.8. The van der Waals surface area contributed by atoms with E-state index in [4.69, 9.17) is 5.73 Å². The zero-order valence-electron chi connectivity index (χ0n) is 11.3. The van der Waals surface area contributed by atoms with Crippen LogP contribution in [0, 0.1) is 5.92 Å². The van der Waals surface area contributed by atoms with E-state index in [0.29, 0.717) is 5.91 Å². The number of rotatable bonds is 2. The Morgan fingerprint density at radius 1 is 1.16 bits per heavy atom. The van der Waals surface area contributed by atoms with Gasteiger partial charge in [-0.2, -0.15) is 0 Å². The van der Waals surface area contributed by atoms with Crippen LogP contribution in [0.25, 0.3) is 0 Å². The highest BCUT2D eigenvalue weighted by molar-refractivity contribution is 5.80. The molecule has 1 saturated heterocycles. The molecule has 2 aliphatic rings. The van der Waals surface area contributed by atoms with Gasteiger partial charge in [-0.25, -0.2) is 0 Å². The molecule has 1 saturated carbocycles. The SMILES string of the molecule is NC1CCC(C(=O)N2CCCC2c2ccccc2)C1. The molecule has 1 aliphatic carbocycles. The molecule has 3 heteroatoms. The smallest absolute Gasteiger partial charge is 0.226 e. The number of nitrogens with zero attached hydrogens (tertiary/aromatic N) is 1. The number of carbonyl (C=O) groups excluding carboxylic acids is 1. The van der Waals surface area contributed by atoms with E-state index in [1.807, 2.05) is 6.07 Å². The van der Waals surface area contributed by atoms with Crippen molar-refractivity contribution in [2.45, 2.75) is 44.2 Å². The Balaban J connectivity index is 1.74. The summed E-state index contributed by atoms with van der Waals surface area (Å²) in [7, 11) is 0. The molecule has 1 heterocycles.